The number of rotatable bonds is 6. The molecule has 1 aromatic carbocycles. The lowest BCUT2D eigenvalue weighted by Gasteiger charge is -2.26. The summed E-state index contributed by atoms with van der Waals surface area (Å²) in [4.78, 5) is 24.8. The number of ketones is 1. The Bertz CT molecular complexity index is 1040. The maximum Gasteiger partial charge on any atom is 0.338 e. The molecule has 0 aliphatic carbocycles. The van der Waals surface area contributed by atoms with Gasteiger partial charge in [0, 0.05) is 37.1 Å². The van der Waals surface area contributed by atoms with Gasteiger partial charge in [0.05, 0.1) is 23.7 Å². The molecular formula is C20H24N2O6S. The molecule has 0 N–H and O–H groups in total. The zero-order chi connectivity index (χ0) is 21.2. The fourth-order valence-corrected chi connectivity index (χ4v) is 4.60. The van der Waals surface area contributed by atoms with Crippen LogP contribution < -0.4 is 0 Å². The average molecular weight is 420 g/mol. The lowest BCUT2D eigenvalue weighted by atomic mass is 10.1. The standard InChI is InChI=1S/C20H24N2O6S/c1-14-11-18(15(2)21(14)3)19(23)13-28-20(24)16-5-4-6-17(12-16)29(25,26)22-7-9-27-10-8-22/h4-6,11-12H,7-10,13H2,1-3H3. The Hall–Kier alpha value is -2.49. The van der Waals surface area contributed by atoms with Crippen LogP contribution in [0.25, 0.3) is 0 Å². The van der Waals surface area contributed by atoms with Crippen molar-refractivity contribution in [2.45, 2.75) is 18.7 Å². The number of hydrogen-bond donors (Lipinski definition) is 0. The predicted octanol–water partition coefficient (Wildman–Crippen LogP) is 1.70. The van der Waals surface area contributed by atoms with Gasteiger partial charge in [0.2, 0.25) is 15.8 Å². The maximum absolute atomic E-state index is 12.7. The Labute approximate surface area is 170 Å². The highest BCUT2D eigenvalue weighted by Crippen LogP contribution is 2.19. The summed E-state index contributed by atoms with van der Waals surface area (Å²) in [6.07, 6.45) is 0. The molecule has 2 aromatic rings. The van der Waals surface area contributed by atoms with Gasteiger partial charge in [-0.15, -0.1) is 0 Å². The number of nitrogens with zero attached hydrogens (tertiary/aromatic N) is 2. The number of esters is 1. The van der Waals surface area contributed by atoms with E-state index in [0.29, 0.717) is 18.8 Å². The highest BCUT2D eigenvalue weighted by molar-refractivity contribution is 7.89. The van der Waals surface area contributed by atoms with Crippen LogP contribution in [0.4, 0.5) is 0 Å². The fraction of sp³-hybridized carbons (Fsp3) is 0.400. The van der Waals surface area contributed by atoms with Crippen LogP contribution in [0.3, 0.4) is 0 Å². The summed E-state index contributed by atoms with van der Waals surface area (Å²) < 4.78 is 39.0. The molecule has 0 bridgehead atoms. The second-order valence-electron chi connectivity index (χ2n) is 6.89. The average Bonchev–Trinajstić information content (AvgIpc) is 3.00. The molecule has 156 valence electrons. The Morgan fingerprint density at radius 1 is 1.14 bits per heavy atom. The Morgan fingerprint density at radius 2 is 1.83 bits per heavy atom. The van der Waals surface area contributed by atoms with Crippen LogP contribution in [0.5, 0.6) is 0 Å². The van der Waals surface area contributed by atoms with Gasteiger partial charge in [-0.25, -0.2) is 13.2 Å². The van der Waals surface area contributed by atoms with E-state index in [1.54, 1.807) is 6.07 Å². The summed E-state index contributed by atoms with van der Waals surface area (Å²) in [7, 11) is -1.87. The van der Waals surface area contributed by atoms with Gasteiger partial charge >= 0.3 is 5.97 Å². The van der Waals surface area contributed by atoms with Gasteiger partial charge in [-0.05, 0) is 38.1 Å². The van der Waals surface area contributed by atoms with Crippen molar-refractivity contribution < 1.29 is 27.5 Å². The van der Waals surface area contributed by atoms with Gasteiger partial charge in [0.1, 0.15) is 0 Å². The number of ether oxygens (including phenoxy) is 2. The van der Waals surface area contributed by atoms with E-state index >= 15 is 0 Å². The molecule has 8 nitrogen and oxygen atoms in total. The molecule has 0 amide bonds. The zero-order valence-electron chi connectivity index (χ0n) is 16.7. The maximum atomic E-state index is 12.7. The molecule has 9 heteroatoms. The van der Waals surface area contributed by atoms with E-state index in [1.165, 1.54) is 28.6 Å². The summed E-state index contributed by atoms with van der Waals surface area (Å²) in [5, 5.41) is 0. The van der Waals surface area contributed by atoms with Gasteiger partial charge in [-0.2, -0.15) is 4.31 Å². The number of morpholine rings is 1. The first-order valence-corrected chi connectivity index (χ1v) is 10.7. The molecule has 0 radical (unpaired) electrons. The largest absolute Gasteiger partial charge is 0.454 e. The molecule has 1 fully saturated rings. The van der Waals surface area contributed by atoms with Crippen LogP contribution >= 0.6 is 0 Å². The molecule has 3 rings (SSSR count). The molecule has 0 atom stereocenters. The molecule has 2 heterocycles. The van der Waals surface area contributed by atoms with E-state index in [4.69, 9.17) is 9.47 Å². The van der Waals surface area contributed by atoms with Crippen LogP contribution in [-0.2, 0) is 26.5 Å². The molecule has 0 saturated carbocycles. The summed E-state index contributed by atoms with van der Waals surface area (Å²) in [6.45, 7) is 4.49. The number of Topliss-reactive ketones (excluding diaryl/α,β-unsaturated/α-hetero) is 1. The normalized spacial score (nSPS) is 15.3. The SMILES string of the molecule is Cc1cc(C(=O)COC(=O)c2cccc(S(=O)(=O)N3CCOCC3)c2)c(C)n1C. The first-order valence-electron chi connectivity index (χ1n) is 9.23. The van der Waals surface area contributed by atoms with Crippen molar-refractivity contribution in [3.05, 3.63) is 52.8 Å². The van der Waals surface area contributed by atoms with E-state index < -0.39 is 22.6 Å². The number of carbonyl (C=O) groups excluding carboxylic acids is 2. The minimum absolute atomic E-state index is 0.00899. The molecule has 1 aromatic heterocycles. The number of hydrogen-bond acceptors (Lipinski definition) is 6. The van der Waals surface area contributed by atoms with Gasteiger partial charge < -0.3 is 14.0 Å². The smallest absolute Gasteiger partial charge is 0.338 e. The lowest BCUT2D eigenvalue weighted by Crippen LogP contribution is -2.40. The number of aryl methyl sites for hydroxylation is 1. The Kier molecular flexibility index (Phi) is 6.21. The van der Waals surface area contributed by atoms with Gasteiger partial charge in [-0.1, -0.05) is 6.07 Å². The van der Waals surface area contributed by atoms with Crippen LogP contribution in [0, 0.1) is 13.8 Å². The zero-order valence-corrected chi connectivity index (χ0v) is 17.5. The Morgan fingerprint density at radius 3 is 2.45 bits per heavy atom. The van der Waals surface area contributed by atoms with Crippen LogP contribution in [0.1, 0.15) is 32.1 Å². The third-order valence-corrected chi connectivity index (χ3v) is 6.98. The van der Waals surface area contributed by atoms with E-state index in [9.17, 15) is 18.0 Å². The molecule has 0 spiro atoms. The van der Waals surface area contributed by atoms with E-state index in [0.717, 1.165) is 11.4 Å². The van der Waals surface area contributed by atoms with Crippen molar-refractivity contribution in [3.63, 3.8) is 0 Å². The van der Waals surface area contributed by atoms with Crippen LogP contribution in [0.15, 0.2) is 35.2 Å². The number of carbonyl (C=O) groups is 2. The van der Waals surface area contributed by atoms with Crippen molar-refractivity contribution in [2.24, 2.45) is 7.05 Å². The van der Waals surface area contributed by atoms with Crippen molar-refractivity contribution in [2.75, 3.05) is 32.9 Å². The highest BCUT2D eigenvalue weighted by atomic mass is 32.2. The second kappa shape index (κ2) is 8.48. The molecular weight excluding hydrogens is 396 g/mol. The summed E-state index contributed by atoms with van der Waals surface area (Å²) in [5.74, 6) is -1.06. The van der Waals surface area contributed by atoms with Crippen LogP contribution in [-0.4, -0.2) is 62.0 Å². The predicted molar refractivity (Wildman–Crippen MR) is 106 cm³/mol. The minimum atomic E-state index is -3.72. The van der Waals surface area contributed by atoms with E-state index in [1.807, 2.05) is 25.5 Å². The van der Waals surface area contributed by atoms with Crippen LogP contribution in [0.2, 0.25) is 0 Å². The summed E-state index contributed by atoms with van der Waals surface area (Å²) >= 11 is 0. The van der Waals surface area contributed by atoms with E-state index in [-0.39, 0.29) is 29.3 Å². The summed E-state index contributed by atoms with van der Waals surface area (Å²) in [6, 6.07) is 7.40. The van der Waals surface area contributed by atoms with Gasteiger partial charge in [0.15, 0.2) is 6.61 Å². The monoisotopic (exact) mass is 420 g/mol. The van der Waals surface area contributed by atoms with Crippen molar-refractivity contribution >= 4 is 21.8 Å². The molecule has 0 unspecified atom stereocenters. The third kappa shape index (κ3) is 4.42. The number of benzene rings is 1. The fourth-order valence-electron chi connectivity index (χ4n) is 3.15. The number of aromatic nitrogens is 1. The highest BCUT2D eigenvalue weighted by Gasteiger charge is 2.27. The number of sulfonamides is 1. The molecule has 1 aliphatic rings. The minimum Gasteiger partial charge on any atom is -0.454 e. The molecule has 29 heavy (non-hydrogen) atoms. The quantitative estimate of drug-likeness (QED) is 0.522. The first-order chi connectivity index (χ1) is 13.7. The van der Waals surface area contributed by atoms with E-state index in [2.05, 4.69) is 0 Å². The Balaban J connectivity index is 1.71. The van der Waals surface area contributed by atoms with Gasteiger partial charge in [0.25, 0.3) is 0 Å². The molecule has 1 saturated heterocycles. The first kappa shape index (κ1) is 21.2. The lowest BCUT2D eigenvalue weighted by molar-refractivity contribution is 0.0474. The van der Waals surface area contributed by atoms with Crippen molar-refractivity contribution in [1.82, 2.24) is 8.87 Å². The molecule has 1 aliphatic heterocycles. The topological polar surface area (TPSA) is 94.9 Å². The third-order valence-electron chi connectivity index (χ3n) is 5.09. The van der Waals surface area contributed by atoms with Crippen molar-refractivity contribution in [1.29, 1.82) is 0 Å². The summed E-state index contributed by atoms with van der Waals surface area (Å²) in [5.41, 5.74) is 2.30. The van der Waals surface area contributed by atoms with Crippen molar-refractivity contribution in [3.8, 4) is 0 Å². The second-order valence-corrected chi connectivity index (χ2v) is 8.83. The van der Waals surface area contributed by atoms with Gasteiger partial charge in [-0.3, -0.25) is 4.79 Å².